The third-order valence-corrected chi connectivity index (χ3v) is 3.95. The Bertz CT molecular complexity index is 544. The summed E-state index contributed by atoms with van der Waals surface area (Å²) in [5.74, 6) is 6.28. The summed E-state index contributed by atoms with van der Waals surface area (Å²) in [6, 6.07) is 2.07. The lowest BCUT2D eigenvalue weighted by atomic mass is 9.91. The summed E-state index contributed by atoms with van der Waals surface area (Å²) in [5, 5.41) is 0. The molecule has 1 amide bonds. The van der Waals surface area contributed by atoms with Crippen LogP contribution in [0, 0.1) is 17.8 Å². The van der Waals surface area contributed by atoms with Gasteiger partial charge in [0.25, 0.3) is 5.91 Å². The van der Waals surface area contributed by atoms with Crippen LogP contribution in [0.5, 0.6) is 0 Å². The van der Waals surface area contributed by atoms with Crippen LogP contribution >= 0.6 is 0 Å². The van der Waals surface area contributed by atoms with Crippen molar-refractivity contribution in [2.75, 3.05) is 13.1 Å². The van der Waals surface area contributed by atoms with Gasteiger partial charge in [-0.1, -0.05) is 18.8 Å². The Morgan fingerprint density at radius 2 is 2.30 bits per heavy atom. The van der Waals surface area contributed by atoms with Crippen LogP contribution in [0.15, 0.2) is 18.5 Å². The van der Waals surface area contributed by atoms with Gasteiger partial charge in [-0.15, -0.1) is 0 Å². The molecular formula is C16H21N3O. The Kier molecular flexibility index (Phi) is 4.75. The number of aromatic nitrogens is 1. The fourth-order valence-corrected chi connectivity index (χ4v) is 2.57. The third-order valence-electron chi connectivity index (χ3n) is 3.95. The van der Waals surface area contributed by atoms with E-state index in [1.54, 1.807) is 18.5 Å². The SMILES string of the molecule is CC1CCCN(C(=O)c2cncc(C#CCN)c2)C1C. The van der Waals surface area contributed by atoms with Crippen LogP contribution < -0.4 is 5.73 Å². The maximum absolute atomic E-state index is 12.6. The molecule has 20 heavy (non-hydrogen) atoms. The second kappa shape index (κ2) is 6.53. The smallest absolute Gasteiger partial charge is 0.255 e. The fraction of sp³-hybridized carbons (Fsp3) is 0.500. The first-order chi connectivity index (χ1) is 9.63. The molecule has 0 saturated carbocycles. The average Bonchev–Trinajstić information content (AvgIpc) is 2.47. The predicted molar refractivity (Wildman–Crippen MR) is 79.1 cm³/mol. The Morgan fingerprint density at radius 3 is 3.05 bits per heavy atom. The Labute approximate surface area is 120 Å². The van der Waals surface area contributed by atoms with E-state index in [4.69, 9.17) is 5.73 Å². The molecule has 2 heterocycles. The molecule has 106 valence electrons. The summed E-state index contributed by atoms with van der Waals surface area (Å²) in [4.78, 5) is 18.7. The van der Waals surface area contributed by atoms with Crippen molar-refractivity contribution in [3.05, 3.63) is 29.6 Å². The molecule has 1 aliphatic heterocycles. The Hall–Kier alpha value is -1.86. The van der Waals surface area contributed by atoms with E-state index in [1.807, 2.05) is 4.90 Å². The van der Waals surface area contributed by atoms with E-state index in [2.05, 4.69) is 30.7 Å². The number of carbonyl (C=O) groups excluding carboxylic acids is 1. The molecule has 1 aromatic rings. The minimum atomic E-state index is 0.0490. The fourth-order valence-electron chi connectivity index (χ4n) is 2.57. The second-order valence-corrected chi connectivity index (χ2v) is 5.33. The number of carbonyl (C=O) groups is 1. The van der Waals surface area contributed by atoms with Crippen LogP contribution in [0.2, 0.25) is 0 Å². The highest BCUT2D eigenvalue weighted by Gasteiger charge is 2.29. The van der Waals surface area contributed by atoms with E-state index in [0.29, 0.717) is 18.0 Å². The lowest BCUT2D eigenvalue weighted by Gasteiger charge is -2.38. The maximum atomic E-state index is 12.6. The molecule has 0 aromatic carbocycles. The van der Waals surface area contributed by atoms with Gasteiger partial charge in [-0.05, 0) is 31.7 Å². The van der Waals surface area contributed by atoms with Crippen molar-refractivity contribution >= 4 is 5.91 Å². The zero-order valence-corrected chi connectivity index (χ0v) is 12.1. The van der Waals surface area contributed by atoms with Crippen molar-refractivity contribution in [2.45, 2.75) is 32.7 Å². The van der Waals surface area contributed by atoms with Crippen molar-refractivity contribution in [1.82, 2.24) is 9.88 Å². The van der Waals surface area contributed by atoms with Gasteiger partial charge < -0.3 is 10.6 Å². The summed E-state index contributed by atoms with van der Waals surface area (Å²) in [7, 11) is 0. The maximum Gasteiger partial charge on any atom is 0.255 e. The highest BCUT2D eigenvalue weighted by molar-refractivity contribution is 5.94. The van der Waals surface area contributed by atoms with Gasteiger partial charge in [-0.25, -0.2) is 0 Å². The largest absolute Gasteiger partial charge is 0.336 e. The van der Waals surface area contributed by atoms with Gasteiger partial charge in [0.1, 0.15) is 0 Å². The highest BCUT2D eigenvalue weighted by atomic mass is 16.2. The molecule has 1 fully saturated rings. The molecule has 0 bridgehead atoms. The van der Waals surface area contributed by atoms with Crippen LogP contribution in [-0.2, 0) is 0 Å². The lowest BCUT2D eigenvalue weighted by molar-refractivity contribution is 0.0550. The van der Waals surface area contributed by atoms with E-state index in [-0.39, 0.29) is 11.9 Å². The number of nitrogens with zero attached hydrogens (tertiary/aromatic N) is 2. The van der Waals surface area contributed by atoms with Crippen molar-refractivity contribution in [3.63, 3.8) is 0 Å². The Morgan fingerprint density at radius 1 is 1.50 bits per heavy atom. The van der Waals surface area contributed by atoms with Crippen molar-refractivity contribution in [2.24, 2.45) is 11.7 Å². The highest BCUT2D eigenvalue weighted by Crippen LogP contribution is 2.24. The minimum Gasteiger partial charge on any atom is -0.336 e. The molecule has 0 spiro atoms. The summed E-state index contributed by atoms with van der Waals surface area (Å²) in [6.07, 6.45) is 5.52. The molecular weight excluding hydrogens is 250 g/mol. The zero-order valence-electron chi connectivity index (χ0n) is 12.1. The number of hydrogen-bond acceptors (Lipinski definition) is 3. The number of amides is 1. The number of pyridine rings is 1. The minimum absolute atomic E-state index is 0.0490. The quantitative estimate of drug-likeness (QED) is 0.790. The van der Waals surface area contributed by atoms with Gasteiger partial charge in [-0.3, -0.25) is 9.78 Å². The first kappa shape index (κ1) is 14.5. The molecule has 0 aliphatic carbocycles. The zero-order chi connectivity index (χ0) is 14.5. The van der Waals surface area contributed by atoms with E-state index >= 15 is 0 Å². The van der Waals surface area contributed by atoms with Crippen LogP contribution in [0.3, 0.4) is 0 Å². The summed E-state index contributed by atoms with van der Waals surface area (Å²) in [5.41, 5.74) is 6.70. The first-order valence-corrected chi connectivity index (χ1v) is 7.08. The van der Waals surface area contributed by atoms with Gasteiger partial charge >= 0.3 is 0 Å². The van der Waals surface area contributed by atoms with E-state index in [1.165, 1.54) is 6.42 Å². The van der Waals surface area contributed by atoms with Gasteiger partial charge in [0, 0.05) is 30.5 Å². The molecule has 1 aromatic heterocycles. The molecule has 2 atom stereocenters. The molecule has 4 nitrogen and oxygen atoms in total. The molecule has 1 aliphatic rings. The van der Waals surface area contributed by atoms with Crippen LogP contribution in [0.1, 0.15) is 42.6 Å². The van der Waals surface area contributed by atoms with Crippen molar-refractivity contribution < 1.29 is 4.79 Å². The summed E-state index contributed by atoms with van der Waals surface area (Å²) < 4.78 is 0. The Balaban J connectivity index is 2.20. The molecule has 2 rings (SSSR count). The topological polar surface area (TPSA) is 59.2 Å². The van der Waals surface area contributed by atoms with Crippen molar-refractivity contribution in [1.29, 1.82) is 0 Å². The molecule has 4 heteroatoms. The van der Waals surface area contributed by atoms with Gasteiger partial charge in [0.15, 0.2) is 0 Å². The van der Waals surface area contributed by atoms with E-state index < -0.39 is 0 Å². The number of hydrogen-bond donors (Lipinski definition) is 1. The number of piperidine rings is 1. The molecule has 2 N–H and O–H groups in total. The monoisotopic (exact) mass is 271 g/mol. The standard InChI is InChI=1S/C16H21N3O/c1-12-5-4-8-19(13(12)2)16(20)15-9-14(6-3-7-17)10-18-11-15/h9-13H,4-5,7-8,17H2,1-2H3. The third kappa shape index (κ3) is 3.17. The van der Waals surface area contributed by atoms with Gasteiger partial charge in [0.05, 0.1) is 12.1 Å². The average molecular weight is 271 g/mol. The van der Waals surface area contributed by atoms with Gasteiger partial charge in [-0.2, -0.15) is 0 Å². The normalized spacial score (nSPS) is 22.1. The second-order valence-electron chi connectivity index (χ2n) is 5.33. The molecule has 2 unspecified atom stereocenters. The van der Waals surface area contributed by atoms with Gasteiger partial charge in [0.2, 0.25) is 0 Å². The van der Waals surface area contributed by atoms with Crippen LogP contribution in [-0.4, -0.2) is 34.9 Å². The summed E-state index contributed by atoms with van der Waals surface area (Å²) in [6.45, 7) is 5.45. The predicted octanol–water partition coefficient (Wildman–Crippen LogP) is 1.65. The summed E-state index contributed by atoms with van der Waals surface area (Å²) >= 11 is 0. The van der Waals surface area contributed by atoms with E-state index in [9.17, 15) is 4.79 Å². The first-order valence-electron chi connectivity index (χ1n) is 7.08. The lowest BCUT2D eigenvalue weighted by Crippen LogP contribution is -2.46. The van der Waals surface area contributed by atoms with Crippen LogP contribution in [0.25, 0.3) is 0 Å². The molecule has 1 saturated heterocycles. The molecule has 0 radical (unpaired) electrons. The number of likely N-dealkylation sites (tertiary alicyclic amines) is 1. The number of rotatable bonds is 1. The number of nitrogens with two attached hydrogens (primary N) is 1. The van der Waals surface area contributed by atoms with Crippen molar-refractivity contribution in [3.8, 4) is 11.8 Å². The van der Waals surface area contributed by atoms with Crippen LogP contribution in [0.4, 0.5) is 0 Å². The van der Waals surface area contributed by atoms with E-state index in [0.717, 1.165) is 18.5 Å².